The SMILES string of the molecule is CCCc1nc2c(C)cc(C(=O)N[C@@H](CSC(=O)c3ccc(C(=O)O)cc3)Cc3ccccc3)cc2n1Cc1ccc(-c2ccccc2C(=O)O)cc1. The van der Waals surface area contributed by atoms with Gasteiger partial charge in [0.05, 0.1) is 22.2 Å². The molecule has 0 radical (unpaired) electrons. The van der Waals surface area contributed by atoms with E-state index in [-0.39, 0.29) is 28.2 Å². The second-order valence-corrected chi connectivity index (χ2v) is 13.9. The molecule has 0 saturated heterocycles. The number of rotatable bonds is 14. The van der Waals surface area contributed by atoms with Crippen LogP contribution in [0.1, 0.15) is 77.3 Å². The number of carboxylic acids is 2. The summed E-state index contributed by atoms with van der Waals surface area (Å²) >= 11 is 1.08. The summed E-state index contributed by atoms with van der Waals surface area (Å²) in [6.07, 6.45) is 2.16. The second-order valence-electron chi connectivity index (χ2n) is 12.9. The lowest BCUT2D eigenvalue weighted by molar-refractivity contribution is 0.0686. The van der Waals surface area contributed by atoms with Crippen molar-refractivity contribution in [3.63, 3.8) is 0 Å². The van der Waals surface area contributed by atoms with Crippen LogP contribution in [-0.4, -0.2) is 54.5 Å². The quantitative estimate of drug-likeness (QED) is 0.102. The van der Waals surface area contributed by atoms with Crippen LogP contribution < -0.4 is 5.32 Å². The molecule has 0 bridgehead atoms. The lowest BCUT2D eigenvalue weighted by atomic mass is 9.98. The number of aromatic nitrogens is 2. The van der Waals surface area contributed by atoms with Crippen LogP contribution in [0.4, 0.5) is 0 Å². The minimum atomic E-state index is -1.06. The Kier molecular flexibility index (Phi) is 11.5. The minimum Gasteiger partial charge on any atom is -0.478 e. The molecule has 3 N–H and O–H groups in total. The number of nitrogens with zero attached hydrogens (tertiary/aromatic N) is 2. The maximum atomic E-state index is 14.0. The zero-order chi connectivity index (χ0) is 37.5. The van der Waals surface area contributed by atoms with Crippen molar-refractivity contribution < 1.29 is 29.4 Å². The van der Waals surface area contributed by atoms with Crippen LogP contribution in [0.3, 0.4) is 0 Å². The molecule has 0 unspecified atom stereocenters. The van der Waals surface area contributed by atoms with Crippen molar-refractivity contribution in [1.29, 1.82) is 0 Å². The highest BCUT2D eigenvalue weighted by atomic mass is 32.2. The van der Waals surface area contributed by atoms with Gasteiger partial charge in [-0.05, 0) is 90.0 Å². The molecule has 1 aromatic heterocycles. The van der Waals surface area contributed by atoms with Gasteiger partial charge in [0, 0.05) is 35.9 Å². The Balaban J connectivity index is 1.25. The topological polar surface area (TPSA) is 139 Å². The van der Waals surface area contributed by atoms with E-state index in [2.05, 4.69) is 16.8 Å². The van der Waals surface area contributed by atoms with Crippen LogP contribution in [0.25, 0.3) is 22.2 Å². The van der Waals surface area contributed by atoms with E-state index < -0.39 is 11.9 Å². The highest BCUT2D eigenvalue weighted by molar-refractivity contribution is 8.14. The third-order valence-corrected chi connectivity index (χ3v) is 10.1. The number of carbonyl (C=O) groups is 4. The van der Waals surface area contributed by atoms with Gasteiger partial charge in [-0.15, -0.1) is 0 Å². The smallest absolute Gasteiger partial charge is 0.336 e. The highest BCUT2D eigenvalue weighted by Gasteiger charge is 2.21. The number of hydrogen-bond donors (Lipinski definition) is 3. The molecule has 268 valence electrons. The number of carbonyl (C=O) groups excluding carboxylic acids is 2. The van der Waals surface area contributed by atoms with Gasteiger partial charge in [-0.1, -0.05) is 91.5 Å². The van der Waals surface area contributed by atoms with E-state index in [1.807, 2.05) is 79.7 Å². The molecule has 10 heteroatoms. The molecule has 53 heavy (non-hydrogen) atoms. The Morgan fingerprint density at radius 2 is 1.45 bits per heavy atom. The number of carboxylic acid groups (broad SMARTS) is 2. The summed E-state index contributed by atoms with van der Waals surface area (Å²) in [6.45, 7) is 4.57. The van der Waals surface area contributed by atoms with Crippen molar-refractivity contribution in [3.05, 3.63) is 160 Å². The van der Waals surface area contributed by atoms with Crippen molar-refractivity contribution in [2.45, 2.75) is 45.7 Å². The van der Waals surface area contributed by atoms with Gasteiger partial charge < -0.3 is 20.1 Å². The number of thioether (sulfide) groups is 1. The fourth-order valence-electron chi connectivity index (χ4n) is 6.38. The predicted octanol–water partition coefficient (Wildman–Crippen LogP) is 8.32. The van der Waals surface area contributed by atoms with Crippen LogP contribution in [0.15, 0.2) is 115 Å². The van der Waals surface area contributed by atoms with E-state index in [0.29, 0.717) is 35.4 Å². The number of fused-ring (bicyclic) bond motifs is 1. The Bertz CT molecular complexity index is 2280. The van der Waals surface area contributed by atoms with E-state index >= 15 is 0 Å². The summed E-state index contributed by atoms with van der Waals surface area (Å²) in [5, 5.41) is 21.9. The predicted molar refractivity (Wildman–Crippen MR) is 208 cm³/mol. The lowest BCUT2D eigenvalue weighted by Gasteiger charge is -2.19. The molecular weight excluding hydrogens is 687 g/mol. The molecule has 0 aliphatic carbocycles. The van der Waals surface area contributed by atoms with Crippen molar-refractivity contribution >= 4 is 45.8 Å². The normalized spacial score (nSPS) is 11.7. The number of aromatic carboxylic acids is 2. The first-order valence-corrected chi connectivity index (χ1v) is 18.4. The molecule has 1 heterocycles. The van der Waals surface area contributed by atoms with Crippen molar-refractivity contribution in [2.75, 3.05) is 5.75 Å². The van der Waals surface area contributed by atoms with Crippen LogP contribution in [0.2, 0.25) is 0 Å². The Hall–Kier alpha value is -6.00. The summed E-state index contributed by atoms with van der Waals surface area (Å²) in [5.74, 6) is -1.07. The number of amides is 1. The number of imidazole rings is 1. The van der Waals surface area contributed by atoms with Crippen molar-refractivity contribution in [3.8, 4) is 11.1 Å². The summed E-state index contributed by atoms with van der Waals surface area (Å²) in [4.78, 5) is 55.1. The van der Waals surface area contributed by atoms with Crippen LogP contribution in [0, 0.1) is 6.92 Å². The number of benzene rings is 5. The second kappa shape index (κ2) is 16.6. The molecule has 9 nitrogen and oxygen atoms in total. The van der Waals surface area contributed by atoms with Gasteiger partial charge in [-0.2, -0.15) is 0 Å². The van der Waals surface area contributed by atoms with Gasteiger partial charge in [0.2, 0.25) is 5.12 Å². The lowest BCUT2D eigenvalue weighted by Crippen LogP contribution is -2.38. The third-order valence-electron chi connectivity index (χ3n) is 9.07. The van der Waals surface area contributed by atoms with E-state index in [1.54, 1.807) is 18.2 Å². The monoisotopic (exact) mass is 725 g/mol. The zero-order valence-electron chi connectivity index (χ0n) is 29.4. The maximum absolute atomic E-state index is 14.0. The number of hydrogen-bond acceptors (Lipinski definition) is 6. The van der Waals surface area contributed by atoms with E-state index in [9.17, 15) is 29.4 Å². The van der Waals surface area contributed by atoms with Crippen molar-refractivity contribution in [1.82, 2.24) is 14.9 Å². The molecule has 5 aromatic carbocycles. The molecule has 0 saturated carbocycles. The standard InChI is InChI=1S/C43H39N3O6S/c1-3-9-38-45-39-27(2)22-33(24-37(39)46(38)25-29-14-16-30(17-15-29)35-12-7-8-13-36(35)42(50)51)40(47)44-34(23-28-10-5-4-6-11-28)26-53-43(52)32-20-18-31(19-21-32)41(48)49/h4-8,10-22,24,34H,3,9,23,25-26H2,1-2H3,(H,44,47)(H,48,49)(H,50,51)/t34-/m1/s1. The average molecular weight is 726 g/mol. The van der Waals surface area contributed by atoms with Crippen molar-refractivity contribution in [2.24, 2.45) is 0 Å². The molecule has 6 aromatic rings. The number of aryl methyl sites for hydroxylation is 2. The fraction of sp³-hybridized carbons (Fsp3) is 0.186. The molecule has 6 rings (SSSR count). The first-order chi connectivity index (χ1) is 25.6. The molecule has 0 fully saturated rings. The average Bonchev–Trinajstić information content (AvgIpc) is 3.51. The molecule has 1 atom stereocenters. The van der Waals surface area contributed by atoms with Crippen LogP contribution in [-0.2, 0) is 19.4 Å². The van der Waals surface area contributed by atoms with Gasteiger partial charge in [-0.3, -0.25) is 9.59 Å². The van der Waals surface area contributed by atoms with E-state index in [1.165, 1.54) is 24.3 Å². The molecule has 0 spiro atoms. The van der Waals surface area contributed by atoms with Gasteiger partial charge in [0.25, 0.3) is 5.91 Å². The Morgan fingerprint density at radius 3 is 2.13 bits per heavy atom. The first-order valence-electron chi connectivity index (χ1n) is 17.4. The van der Waals surface area contributed by atoms with Gasteiger partial charge in [-0.25, -0.2) is 14.6 Å². The number of nitrogens with one attached hydrogen (secondary N) is 1. The molecule has 0 aliphatic rings. The first kappa shape index (κ1) is 36.8. The van der Waals surface area contributed by atoms with E-state index in [0.717, 1.165) is 63.7 Å². The molecule has 1 amide bonds. The highest BCUT2D eigenvalue weighted by Crippen LogP contribution is 2.27. The maximum Gasteiger partial charge on any atom is 0.336 e. The summed E-state index contributed by atoms with van der Waals surface area (Å²) in [6, 6.07) is 33.7. The van der Waals surface area contributed by atoms with Gasteiger partial charge in [0.15, 0.2) is 0 Å². The van der Waals surface area contributed by atoms with Crippen LogP contribution >= 0.6 is 11.8 Å². The van der Waals surface area contributed by atoms with E-state index in [4.69, 9.17) is 4.98 Å². The van der Waals surface area contributed by atoms with Gasteiger partial charge >= 0.3 is 11.9 Å². The van der Waals surface area contributed by atoms with Gasteiger partial charge in [0.1, 0.15) is 5.82 Å². The third kappa shape index (κ3) is 8.73. The molecular formula is C43H39N3O6S. The molecule has 0 aliphatic heterocycles. The summed E-state index contributed by atoms with van der Waals surface area (Å²) in [5.41, 5.74) is 7.26. The summed E-state index contributed by atoms with van der Waals surface area (Å²) in [7, 11) is 0. The Labute approximate surface area is 311 Å². The largest absolute Gasteiger partial charge is 0.478 e. The zero-order valence-corrected chi connectivity index (χ0v) is 30.2. The minimum absolute atomic E-state index is 0.105. The summed E-state index contributed by atoms with van der Waals surface area (Å²) < 4.78 is 2.15. The van der Waals surface area contributed by atoms with Crippen LogP contribution in [0.5, 0.6) is 0 Å². The fourth-order valence-corrected chi connectivity index (χ4v) is 7.24. The Morgan fingerprint density at radius 1 is 0.774 bits per heavy atom.